The first-order valence-electron chi connectivity index (χ1n) is 7.96. The first-order valence-corrected chi connectivity index (χ1v) is 7.96. The van der Waals surface area contributed by atoms with E-state index < -0.39 is 11.9 Å². The van der Waals surface area contributed by atoms with E-state index in [1.54, 1.807) is 18.2 Å². The normalized spacial score (nSPS) is 10.3. The molecule has 2 aromatic rings. The molecule has 0 radical (unpaired) electrons. The molecule has 0 amide bonds. The summed E-state index contributed by atoms with van der Waals surface area (Å²) in [5.41, 5.74) is 2.31. The molecule has 26 heavy (non-hydrogen) atoms. The zero-order valence-corrected chi connectivity index (χ0v) is 14.3. The molecular weight excluding hydrogens is 340 g/mol. The topological polar surface area (TPSA) is 113 Å². The molecule has 0 heterocycles. The lowest BCUT2D eigenvalue weighted by Crippen LogP contribution is -2.09. The van der Waals surface area contributed by atoms with Crippen molar-refractivity contribution in [1.29, 1.82) is 0 Å². The predicted octanol–water partition coefficient (Wildman–Crippen LogP) is 2.72. The molecule has 3 N–H and O–H groups in total. The molecule has 0 bridgehead atoms. The van der Waals surface area contributed by atoms with Crippen LogP contribution in [-0.2, 0) is 20.7 Å². The summed E-state index contributed by atoms with van der Waals surface area (Å²) in [6, 6.07) is 9.95. The fourth-order valence-corrected chi connectivity index (χ4v) is 2.36. The van der Waals surface area contributed by atoms with Crippen molar-refractivity contribution >= 4 is 11.9 Å². The first-order chi connectivity index (χ1) is 12.4. The van der Waals surface area contributed by atoms with Gasteiger partial charge in [-0.25, -0.2) is 0 Å². The van der Waals surface area contributed by atoms with Crippen LogP contribution in [0, 0.1) is 0 Å². The molecular formula is C19H20O7. The van der Waals surface area contributed by atoms with Crippen molar-refractivity contribution in [1.82, 2.24) is 0 Å². The molecule has 0 aliphatic carbocycles. The van der Waals surface area contributed by atoms with Gasteiger partial charge in [-0.15, -0.1) is 0 Å². The van der Waals surface area contributed by atoms with Crippen LogP contribution >= 0.6 is 0 Å². The first kappa shape index (κ1) is 19.1. The summed E-state index contributed by atoms with van der Waals surface area (Å²) in [5, 5.41) is 27.6. The second-order valence-electron chi connectivity index (χ2n) is 5.64. The van der Waals surface area contributed by atoms with Gasteiger partial charge < -0.3 is 24.8 Å². The van der Waals surface area contributed by atoms with Crippen LogP contribution in [0.5, 0.6) is 17.2 Å². The third-order valence-corrected chi connectivity index (χ3v) is 3.71. The van der Waals surface area contributed by atoms with E-state index in [9.17, 15) is 19.8 Å². The molecule has 0 atom stereocenters. The van der Waals surface area contributed by atoms with Gasteiger partial charge in [0.1, 0.15) is 5.75 Å². The number of benzene rings is 2. The summed E-state index contributed by atoms with van der Waals surface area (Å²) in [4.78, 5) is 21.9. The van der Waals surface area contributed by atoms with Gasteiger partial charge in [-0.3, -0.25) is 9.59 Å². The maximum absolute atomic E-state index is 11.5. The number of carbonyl (C=O) groups is 2. The number of esters is 1. The van der Waals surface area contributed by atoms with Crippen molar-refractivity contribution in [3.8, 4) is 28.4 Å². The van der Waals surface area contributed by atoms with Crippen molar-refractivity contribution in [2.24, 2.45) is 0 Å². The number of phenolic OH excluding ortho intramolecular Hbond substituents is 2. The number of carboxylic acid groups (broad SMARTS) is 1. The van der Waals surface area contributed by atoms with Gasteiger partial charge in [0.15, 0.2) is 11.5 Å². The number of rotatable bonds is 8. The van der Waals surface area contributed by atoms with E-state index >= 15 is 0 Å². The van der Waals surface area contributed by atoms with Gasteiger partial charge in [-0.1, -0.05) is 12.1 Å². The molecule has 7 nitrogen and oxygen atoms in total. The number of carboxylic acids is 1. The Bertz CT molecular complexity index is 798. The lowest BCUT2D eigenvalue weighted by molar-refractivity contribution is -0.147. The zero-order valence-electron chi connectivity index (χ0n) is 14.3. The second-order valence-corrected chi connectivity index (χ2v) is 5.64. The van der Waals surface area contributed by atoms with Gasteiger partial charge in [0.25, 0.3) is 0 Å². The molecule has 0 saturated carbocycles. The van der Waals surface area contributed by atoms with Crippen LogP contribution in [0.3, 0.4) is 0 Å². The maximum Gasteiger partial charge on any atom is 0.306 e. The molecule has 0 spiro atoms. The fourth-order valence-electron chi connectivity index (χ4n) is 2.36. The lowest BCUT2D eigenvalue weighted by Gasteiger charge is -2.11. The van der Waals surface area contributed by atoms with Gasteiger partial charge >= 0.3 is 11.9 Å². The Morgan fingerprint density at radius 2 is 1.73 bits per heavy atom. The van der Waals surface area contributed by atoms with E-state index in [0.717, 1.165) is 11.1 Å². The minimum atomic E-state index is -1.04. The van der Waals surface area contributed by atoms with Crippen LogP contribution in [0.2, 0.25) is 0 Å². The largest absolute Gasteiger partial charge is 0.504 e. The van der Waals surface area contributed by atoms with Crippen LogP contribution in [-0.4, -0.2) is 41.0 Å². The SMILES string of the molecule is COc1cc(CCOC(=O)CCC(=O)O)cc(-c2ccc(O)c(O)c2)c1. The van der Waals surface area contributed by atoms with E-state index in [0.29, 0.717) is 17.7 Å². The summed E-state index contributed by atoms with van der Waals surface area (Å²) in [7, 11) is 1.53. The van der Waals surface area contributed by atoms with Crippen molar-refractivity contribution in [3.63, 3.8) is 0 Å². The number of hydrogen-bond donors (Lipinski definition) is 3. The van der Waals surface area contributed by atoms with Crippen LogP contribution in [0.1, 0.15) is 18.4 Å². The summed E-state index contributed by atoms with van der Waals surface area (Å²) in [5.74, 6) is -1.43. The molecule has 0 fully saturated rings. The fraction of sp³-hybridized carbons (Fsp3) is 0.263. The minimum absolute atomic E-state index is 0.117. The van der Waals surface area contributed by atoms with E-state index in [1.165, 1.54) is 19.2 Å². The van der Waals surface area contributed by atoms with Crippen molar-refractivity contribution < 1.29 is 34.4 Å². The number of hydrogen-bond acceptors (Lipinski definition) is 6. The van der Waals surface area contributed by atoms with Crippen molar-refractivity contribution in [3.05, 3.63) is 42.0 Å². The Labute approximate surface area is 150 Å². The average Bonchev–Trinajstić information content (AvgIpc) is 2.62. The molecule has 0 aliphatic heterocycles. The highest BCUT2D eigenvalue weighted by molar-refractivity contribution is 5.76. The predicted molar refractivity (Wildman–Crippen MR) is 93.3 cm³/mol. The smallest absolute Gasteiger partial charge is 0.306 e. The molecule has 0 aliphatic rings. The second kappa shape index (κ2) is 8.75. The number of ether oxygens (including phenoxy) is 2. The number of carbonyl (C=O) groups excluding carboxylic acids is 1. The maximum atomic E-state index is 11.5. The summed E-state index contributed by atoms with van der Waals surface area (Å²) < 4.78 is 10.3. The Morgan fingerprint density at radius 1 is 0.962 bits per heavy atom. The quantitative estimate of drug-likeness (QED) is 0.490. The van der Waals surface area contributed by atoms with Gasteiger partial charge in [0, 0.05) is 6.42 Å². The van der Waals surface area contributed by atoms with Crippen LogP contribution in [0.25, 0.3) is 11.1 Å². The molecule has 0 aromatic heterocycles. The molecule has 138 valence electrons. The highest BCUT2D eigenvalue weighted by atomic mass is 16.5. The molecule has 2 rings (SSSR count). The average molecular weight is 360 g/mol. The molecule has 0 unspecified atom stereocenters. The Morgan fingerprint density at radius 3 is 2.38 bits per heavy atom. The van der Waals surface area contributed by atoms with Gasteiger partial charge in [0.05, 0.1) is 26.6 Å². The highest BCUT2D eigenvalue weighted by Crippen LogP contribution is 2.32. The van der Waals surface area contributed by atoms with Crippen LogP contribution in [0.4, 0.5) is 0 Å². The number of phenols is 2. The summed E-state index contributed by atoms with van der Waals surface area (Å²) in [6.45, 7) is 0.117. The Hall–Kier alpha value is -3.22. The molecule has 2 aromatic carbocycles. The highest BCUT2D eigenvalue weighted by Gasteiger charge is 2.09. The van der Waals surface area contributed by atoms with Gasteiger partial charge in [0.2, 0.25) is 0 Å². The molecule has 7 heteroatoms. The van der Waals surface area contributed by atoms with Gasteiger partial charge in [-0.05, 0) is 41.0 Å². The summed E-state index contributed by atoms with van der Waals surface area (Å²) >= 11 is 0. The Balaban J connectivity index is 2.08. The number of methoxy groups -OCH3 is 1. The van der Waals surface area contributed by atoms with Crippen molar-refractivity contribution in [2.45, 2.75) is 19.3 Å². The van der Waals surface area contributed by atoms with Crippen LogP contribution < -0.4 is 4.74 Å². The zero-order chi connectivity index (χ0) is 19.1. The van der Waals surface area contributed by atoms with Crippen molar-refractivity contribution in [2.75, 3.05) is 13.7 Å². The van der Waals surface area contributed by atoms with Crippen LogP contribution in [0.15, 0.2) is 36.4 Å². The summed E-state index contributed by atoms with van der Waals surface area (Å²) in [6.07, 6.45) is 0.00500. The standard InChI is InChI=1S/C19H20O7/c1-25-15-9-12(6-7-26-19(24)5-4-18(22)23)8-14(10-15)13-2-3-16(20)17(21)11-13/h2-3,8-11,20-21H,4-7H2,1H3,(H,22,23). The van der Waals surface area contributed by atoms with E-state index in [2.05, 4.69) is 0 Å². The third kappa shape index (κ3) is 5.41. The number of aromatic hydroxyl groups is 2. The van der Waals surface area contributed by atoms with E-state index in [1.807, 2.05) is 6.07 Å². The van der Waals surface area contributed by atoms with E-state index in [4.69, 9.17) is 14.6 Å². The third-order valence-electron chi connectivity index (χ3n) is 3.71. The monoisotopic (exact) mass is 360 g/mol. The minimum Gasteiger partial charge on any atom is -0.504 e. The van der Waals surface area contributed by atoms with Gasteiger partial charge in [-0.2, -0.15) is 0 Å². The van der Waals surface area contributed by atoms with E-state index in [-0.39, 0.29) is 30.9 Å². The number of aliphatic carboxylic acids is 1. The lowest BCUT2D eigenvalue weighted by atomic mass is 10.0. The Kier molecular flexibility index (Phi) is 6.43. The molecule has 0 saturated heterocycles.